The van der Waals surface area contributed by atoms with Crippen LogP contribution < -0.4 is 5.32 Å². The van der Waals surface area contributed by atoms with Crippen molar-refractivity contribution in [3.8, 4) is 11.5 Å². The zero-order chi connectivity index (χ0) is 15.0. The summed E-state index contributed by atoms with van der Waals surface area (Å²) in [5.74, 6) is -0.652. The first kappa shape index (κ1) is 14.2. The third-order valence-electron chi connectivity index (χ3n) is 4.91. The molecular formula is C16H22N2O3. The van der Waals surface area contributed by atoms with Gasteiger partial charge in [-0.15, -0.1) is 0 Å². The van der Waals surface area contributed by atoms with E-state index in [9.17, 15) is 15.0 Å². The summed E-state index contributed by atoms with van der Waals surface area (Å²) < 4.78 is 0. The van der Waals surface area contributed by atoms with Crippen molar-refractivity contribution >= 4 is 5.91 Å². The quantitative estimate of drug-likeness (QED) is 0.727. The Bertz CT molecular complexity index is 532. The molecule has 3 N–H and O–H groups in total. The molecular weight excluding hydrogens is 268 g/mol. The van der Waals surface area contributed by atoms with Crippen LogP contribution in [0, 0.1) is 0 Å². The molecule has 0 spiro atoms. The number of phenols is 2. The average Bonchev–Trinajstić information content (AvgIpc) is 2.43. The van der Waals surface area contributed by atoms with Gasteiger partial charge in [0.2, 0.25) is 0 Å². The predicted molar refractivity (Wildman–Crippen MR) is 79.4 cm³/mol. The zero-order valence-electron chi connectivity index (χ0n) is 12.2. The van der Waals surface area contributed by atoms with Crippen molar-refractivity contribution in [1.82, 2.24) is 10.2 Å². The SMILES string of the molecule is CN1C2CCCC1CC(NC(=O)c1ccc(O)c(O)c1)C2. The standard InChI is InChI=1S/C16H22N2O3/c1-18-12-3-2-4-13(18)9-11(8-12)17-16(21)10-5-6-14(19)15(20)7-10/h5-7,11-13,19-20H,2-4,8-9H2,1H3,(H,17,21). The monoisotopic (exact) mass is 290 g/mol. The molecule has 0 aromatic heterocycles. The van der Waals surface area contributed by atoms with Crippen LogP contribution in [0.2, 0.25) is 0 Å². The summed E-state index contributed by atoms with van der Waals surface area (Å²) in [5, 5.41) is 21.9. The van der Waals surface area contributed by atoms with Gasteiger partial charge in [-0.1, -0.05) is 6.42 Å². The summed E-state index contributed by atoms with van der Waals surface area (Å²) in [6, 6.07) is 5.50. The van der Waals surface area contributed by atoms with E-state index in [1.165, 1.54) is 37.5 Å². The van der Waals surface area contributed by atoms with Gasteiger partial charge in [-0.2, -0.15) is 0 Å². The predicted octanol–water partition coefficient (Wildman–Crippen LogP) is 1.84. The van der Waals surface area contributed by atoms with Gasteiger partial charge in [-0.3, -0.25) is 4.79 Å². The Hall–Kier alpha value is -1.75. The van der Waals surface area contributed by atoms with E-state index in [1.54, 1.807) is 0 Å². The number of hydrogen-bond donors (Lipinski definition) is 3. The summed E-state index contributed by atoms with van der Waals surface area (Å²) in [5.41, 5.74) is 0.384. The second-order valence-corrected chi connectivity index (χ2v) is 6.25. The van der Waals surface area contributed by atoms with Crippen LogP contribution in [0.3, 0.4) is 0 Å². The molecule has 2 heterocycles. The number of carbonyl (C=O) groups excluding carboxylic acids is 1. The van der Waals surface area contributed by atoms with E-state index in [2.05, 4.69) is 17.3 Å². The smallest absolute Gasteiger partial charge is 0.251 e. The lowest BCUT2D eigenvalue weighted by Gasteiger charge is -2.47. The van der Waals surface area contributed by atoms with Crippen molar-refractivity contribution in [3.05, 3.63) is 23.8 Å². The molecule has 2 unspecified atom stereocenters. The summed E-state index contributed by atoms with van der Waals surface area (Å²) in [6.07, 6.45) is 5.68. The van der Waals surface area contributed by atoms with Gasteiger partial charge in [-0.05, 0) is 50.9 Å². The summed E-state index contributed by atoms with van der Waals surface area (Å²) >= 11 is 0. The molecule has 2 atom stereocenters. The Balaban J connectivity index is 1.66. The fourth-order valence-electron chi connectivity index (χ4n) is 3.67. The summed E-state index contributed by atoms with van der Waals surface area (Å²) in [4.78, 5) is 14.7. The number of benzene rings is 1. The van der Waals surface area contributed by atoms with Gasteiger partial charge in [-0.25, -0.2) is 0 Å². The van der Waals surface area contributed by atoms with Crippen LogP contribution in [0.1, 0.15) is 42.5 Å². The van der Waals surface area contributed by atoms with Gasteiger partial charge >= 0.3 is 0 Å². The zero-order valence-corrected chi connectivity index (χ0v) is 12.2. The summed E-state index contributed by atoms with van der Waals surface area (Å²) in [7, 11) is 2.19. The number of rotatable bonds is 2. The topological polar surface area (TPSA) is 72.8 Å². The highest BCUT2D eigenvalue weighted by Crippen LogP contribution is 2.33. The fraction of sp³-hybridized carbons (Fsp3) is 0.562. The minimum Gasteiger partial charge on any atom is -0.504 e. The third kappa shape index (κ3) is 2.83. The van der Waals surface area contributed by atoms with Crippen LogP contribution >= 0.6 is 0 Å². The van der Waals surface area contributed by atoms with Crippen LogP contribution in [0.5, 0.6) is 11.5 Å². The molecule has 1 amide bonds. The first-order chi connectivity index (χ1) is 10.0. The van der Waals surface area contributed by atoms with E-state index in [0.717, 1.165) is 12.8 Å². The van der Waals surface area contributed by atoms with Crippen molar-refractivity contribution in [2.75, 3.05) is 7.05 Å². The highest BCUT2D eigenvalue weighted by molar-refractivity contribution is 5.95. The van der Waals surface area contributed by atoms with E-state index in [-0.39, 0.29) is 23.4 Å². The van der Waals surface area contributed by atoms with Crippen molar-refractivity contribution in [3.63, 3.8) is 0 Å². The number of hydrogen-bond acceptors (Lipinski definition) is 4. The van der Waals surface area contributed by atoms with Crippen LogP contribution in [0.15, 0.2) is 18.2 Å². The highest BCUT2D eigenvalue weighted by Gasteiger charge is 2.36. The molecule has 1 aromatic rings. The van der Waals surface area contributed by atoms with Crippen molar-refractivity contribution in [1.29, 1.82) is 0 Å². The van der Waals surface area contributed by atoms with Crippen LogP contribution in [-0.4, -0.2) is 46.2 Å². The van der Waals surface area contributed by atoms with Crippen molar-refractivity contribution in [2.24, 2.45) is 0 Å². The molecule has 2 saturated heterocycles. The van der Waals surface area contributed by atoms with Gasteiger partial charge in [0.05, 0.1) is 0 Å². The van der Waals surface area contributed by atoms with Crippen LogP contribution in [-0.2, 0) is 0 Å². The number of phenolic OH excluding ortho intramolecular Hbond substituents is 2. The molecule has 0 aliphatic carbocycles. The molecule has 0 saturated carbocycles. The number of fused-ring (bicyclic) bond motifs is 2. The molecule has 2 aliphatic heterocycles. The van der Waals surface area contributed by atoms with Gasteiger partial charge in [0, 0.05) is 23.7 Å². The van der Waals surface area contributed by atoms with E-state index in [1.807, 2.05) is 0 Å². The number of piperidine rings is 2. The second kappa shape index (κ2) is 5.56. The van der Waals surface area contributed by atoms with Gasteiger partial charge < -0.3 is 20.4 Å². The maximum absolute atomic E-state index is 12.3. The number of carbonyl (C=O) groups is 1. The maximum Gasteiger partial charge on any atom is 0.251 e. The van der Waals surface area contributed by atoms with Crippen molar-refractivity contribution in [2.45, 2.75) is 50.2 Å². The minimum atomic E-state index is -0.261. The molecule has 2 bridgehead atoms. The van der Waals surface area contributed by atoms with Gasteiger partial charge in [0.25, 0.3) is 5.91 Å². The highest BCUT2D eigenvalue weighted by atomic mass is 16.3. The number of amides is 1. The Morgan fingerprint density at radius 3 is 2.48 bits per heavy atom. The molecule has 0 radical (unpaired) electrons. The molecule has 3 rings (SSSR count). The Labute approximate surface area is 124 Å². The molecule has 2 fully saturated rings. The average molecular weight is 290 g/mol. The van der Waals surface area contributed by atoms with Gasteiger partial charge in [0.1, 0.15) is 0 Å². The maximum atomic E-state index is 12.3. The molecule has 2 aliphatic rings. The largest absolute Gasteiger partial charge is 0.504 e. The number of nitrogens with one attached hydrogen (secondary N) is 1. The van der Waals surface area contributed by atoms with E-state index >= 15 is 0 Å². The first-order valence-corrected chi connectivity index (χ1v) is 7.59. The molecule has 114 valence electrons. The van der Waals surface area contributed by atoms with E-state index < -0.39 is 0 Å². The molecule has 5 heteroatoms. The molecule has 5 nitrogen and oxygen atoms in total. The fourth-order valence-corrected chi connectivity index (χ4v) is 3.67. The van der Waals surface area contributed by atoms with Crippen LogP contribution in [0.25, 0.3) is 0 Å². The van der Waals surface area contributed by atoms with Gasteiger partial charge in [0.15, 0.2) is 11.5 Å². The number of nitrogens with zero attached hydrogens (tertiary/aromatic N) is 1. The molecule has 1 aromatic carbocycles. The third-order valence-corrected chi connectivity index (χ3v) is 4.91. The Morgan fingerprint density at radius 1 is 1.19 bits per heavy atom. The van der Waals surface area contributed by atoms with E-state index in [0.29, 0.717) is 17.6 Å². The lowest BCUT2D eigenvalue weighted by atomic mass is 9.82. The summed E-state index contributed by atoms with van der Waals surface area (Å²) in [6.45, 7) is 0. The minimum absolute atomic E-state index is 0.182. The Kier molecular flexibility index (Phi) is 3.76. The van der Waals surface area contributed by atoms with E-state index in [4.69, 9.17) is 0 Å². The molecule has 21 heavy (non-hydrogen) atoms. The normalized spacial score (nSPS) is 29.1. The lowest BCUT2D eigenvalue weighted by Crippen LogP contribution is -2.55. The van der Waals surface area contributed by atoms with Crippen molar-refractivity contribution < 1.29 is 15.0 Å². The lowest BCUT2D eigenvalue weighted by molar-refractivity contribution is 0.0463. The second-order valence-electron chi connectivity index (χ2n) is 6.25. The number of aromatic hydroxyl groups is 2. The van der Waals surface area contributed by atoms with Crippen LogP contribution in [0.4, 0.5) is 0 Å². The first-order valence-electron chi connectivity index (χ1n) is 7.59. The Morgan fingerprint density at radius 2 is 1.86 bits per heavy atom.